The van der Waals surface area contributed by atoms with Gasteiger partial charge >= 0.3 is 5.97 Å². The Morgan fingerprint density at radius 3 is 2.53 bits per heavy atom. The van der Waals surface area contributed by atoms with Crippen molar-refractivity contribution in [2.45, 2.75) is 32.8 Å². The minimum Gasteiger partial charge on any atom is -0.508 e. The molecule has 0 spiro atoms. The van der Waals surface area contributed by atoms with Gasteiger partial charge in [-0.25, -0.2) is 0 Å². The molecule has 1 rings (SSSR count). The predicted octanol–water partition coefficient (Wildman–Crippen LogP) is 2.28. The number of esters is 1. The molecule has 0 radical (unpaired) electrons. The lowest BCUT2D eigenvalue weighted by atomic mass is 10.1. The second-order valence-corrected chi connectivity index (χ2v) is 3.63. The molecule has 0 aliphatic heterocycles. The van der Waals surface area contributed by atoms with Crippen molar-refractivity contribution in [3.8, 4) is 5.75 Å². The molecule has 0 aromatic heterocycles. The Hall–Kier alpha value is -1.51. The van der Waals surface area contributed by atoms with Crippen LogP contribution in [0.1, 0.15) is 25.8 Å². The highest BCUT2D eigenvalue weighted by atomic mass is 16.5. The zero-order valence-electron chi connectivity index (χ0n) is 9.06. The fourth-order valence-electron chi connectivity index (χ4n) is 1.37. The highest BCUT2D eigenvalue weighted by Gasteiger charge is 2.05. The predicted molar refractivity (Wildman–Crippen MR) is 57.7 cm³/mol. The van der Waals surface area contributed by atoms with E-state index in [2.05, 4.69) is 0 Å². The zero-order chi connectivity index (χ0) is 11.3. The number of hydrogen-bond donors (Lipinski definition) is 1. The van der Waals surface area contributed by atoms with Gasteiger partial charge in [0, 0.05) is 6.92 Å². The van der Waals surface area contributed by atoms with E-state index in [1.54, 1.807) is 12.1 Å². The van der Waals surface area contributed by atoms with Gasteiger partial charge in [0.15, 0.2) is 0 Å². The third-order valence-corrected chi connectivity index (χ3v) is 2.14. The van der Waals surface area contributed by atoms with Gasteiger partial charge in [-0.3, -0.25) is 4.79 Å². The topological polar surface area (TPSA) is 46.5 Å². The summed E-state index contributed by atoms with van der Waals surface area (Å²) in [5.74, 6) is 0.0278. The minimum atomic E-state index is -0.242. The van der Waals surface area contributed by atoms with Gasteiger partial charge in [-0.05, 0) is 37.5 Å². The van der Waals surface area contributed by atoms with Gasteiger partial charge in [-0.15, -0.1) is 0 Å². The second kappa shape index (κ2) is 5.39. The Morgan fingerprint density at radius 1 is 1.40 bits per heavy atom. The van der Waals surface area contributed by atoms with Crippen LogP contribution >= 0.6 is 0 Å². The van der Waals surface area contributed by atoms with Crippen LogP contribution in [0.3, 0.4) is 0 Å². The standard InChI is InChI=1S/C12H16O3/c1-9(15-10(2)13)3-4-11-5-7-12(14)8-6-11/h5-9,14H,3-4H2,1-2H3/t9-/m0/s1. The van der Waals surface area contributed by atoms with Crippen molar-refractivity contribution in [2.75, 3.05) is 0 Å². The van der Waals surface area contributed by atoms with Gasteiger partial charge in [0.05, 0.1) is 6.10 Å². The van der Waals surface area contributed by atoms with Crippen LogP contribution in [0.15, 0.2) is 24.3 Å². The fourth-order valence-corrected chi connectivity index (χ4v) is 1.37. The number of ether oxygens (including phenoxy) is 1. The smallest absolute Gasteiger partial charge is 0.302 e. The molecule has 1 N–H and O–H groups in total. The monoisotopic (exact) mass is 208 g/mol. The molecule has 0 aliphatic rings. The first-order valence-corrected chi connectivity index (χ1v) is 5.03. The molecule has 1 atom stereocenters. The summed E-state index contributed by atoms with van der Waals surface area (Å²) in [6, 6.07) is 7.06. The highest BCUT2D eigenvalue weighted by molar-refractivity contribution is 5.66. The van der Waals surface area contributed by atoms with E-state index in [0.717, 1.165) is 18.4 Å². The maximum Gasteiger partial charge on any atom is 0.302 e. The van der Waals surface area contributed by atoms with E-state index in [1.807, 2.05) is 19.1 Å². The van der Waals surface area contributed by atoms with Crippen molar-refractivity contribution < 1.29 is 14.6 Å². The first-order chi connectivity index (χ1) is 7.08. The first-order valence-electron chi connectivity index (χ1n) is 5.03. The van der Waals surface area contributed by atoms with E-state index in [-0.39, 0.29) is 17.8 Å². The van der Waals surface area contributed by atoms with Crippen molar-refractivity contribution in [3.63, 3.8) is 0 Å². The van der Waals surface area contributed by atoms with Crippen LogP contribution in [0.4, 0.5) is 0 Å². The third-order valence-electron chi connectivity index (χ3n) is 2.14. The molecule has 0 heterocycles. The van der Waals surface area contributed by atoms with Gasteiger partial charge in [0.25, 0.3) is 0 Å². The van der Waals surface area contributed by atoms with Crippen LogP contribution in [0, 0.1) is 0 Å². The SMILES string of the molecule is CC(=O)O[C@@H](C)CCc1ccc(O)cc1. The number of aromatic hydroxyl groups is 1. The number of carbonyl (C=O) groups is 1. The lowest BCUT2D eigenvalue weighted by Crippen LogP contribution is -2.12. The summed E-state index contributed by atoms with van der Waals surface area (Å²) in [5, 5.41) is 9.08. The maximum atomic E-state index is 10.7. The quantitative estimate of drug-likeness (QED) is 0.772. The summed E-state index contributed by atoms with van der Waals surface area (Å²) < 4.78 is 5.01. The lowest BCUT2D eigenvalue weighted by molar-refractivity contribution is -0.145. The summed E-state index contributed by atoms with van der Waals surface area (Å²) in [6.45, 7) is 3.29. The minimum absolute atomic E-state index is 0.0590. The van der Waals surface area contributed by atoms with Crippen LogP contribution in [0.2, 0.25) is 0 Å². The number of phenols is 1. The first kappa shape index (κ1) is 11.6. The average molecular weight is 208 g/mol. The van der Waals surface area contributed by atoms with Crippen molar-refractivity contribution in [1.29, 1.82) is 0 Å². The normalized spacial score (nSPS) is 12.1. The molecule has 0 fully saturated rings. The van der Waals surface area contributed by atoms with E-state index in [0.29, 0.717) is 0 Å². The molecule has 0 amide bonds. The molecule has 1 aromatic carbocycles. The molecule has 1 aromatic rings. The van der Waals surface area contributed by atoms with Crippen molar-refractivity contribution >= 4 is 5.97 Å². The van der Waals surface area contributed by atoms with Crippen molar-refractivity contribution in [3.05, 3.63) is 29.8 Å². The Labute approximate surface area is 89.7 Å². The van der Waals surface area contributed by atoms with Crippen LogP contribution in [-0.4, -0.2) is 17.2 Å². The van der Waals surface area contributed by atoms with Crippen LogP contribution in [0.25, 0.3) is 0 Å². The summed E-state index contributed by atoms with van der Waals surface area (Å²) in [4.78, 5) is 10.7. The number of carbonyl (C=O) groups excluding carboxylic acids is 1. The Kier molecular flexibility index (Phi) is 4.16. The van der Waals surface area contributed by atoms with Crippen LogP contribution in [-0.2, 0) is 16.0 Å². The van der Waals surface area contributed by atoms with Gasteiger partial charge < -0.3 is 9.84 Å². The molecule has 3 nitrogen and oxygen atoms in total. The maximum absolute atomic E-state index is 10.7. The number of phenolic OH excluding ortho intramolecular Hbond substituents is 1. The van der Waals surface area contributed by atoms with Gasteiger partial charge in [-0.2, -0.15) is 0 Å². The molecule has 82 valence electrons. The number of rotatable bonds is 4. The van der Waals surface area contributed by atoms with Gasteiger partial charge in [0.1, 0.15) is 5.75 Å². The summed E-state index contributed by atoms with van der Waals surface area (Å²) >= 11 is 0. The zero-order valence-corrected chi connectivity index (χ0v) is 9.06. The highest BCUT2D eigenvalue weighted by Crippen LogP contribution is 2.12. The molecule has 0 bridgehead atoms. The third kappa shape index (κ3) is 4.49. The largest absolute Gasteiger partial charge is 0.508 e. The van der Waals surface area contributed by atoms with Gasteiger partial charge in [-0.1, -0.05) is 12.1 Å². The molecule has 0 unspecified atom stereocenters. The summed E-state index contributed by atoms with van der Waals surface area (Å²) in [6.07, 6.45) is 1.58. The Balaban J connectivity index is 2.36. The number of aryl methyl sites for hydroxylation is 1. The molecule has 0 aliphatic carbocycles. The summed E-state index contributed by atoms with van der Waals surface area (Å²) in [7, 11) is 0. The molecule has 0 saturated heterocycles. The van der Waals surface area contributed by atoms with E-state index in [1.165, 1.54) is 6.92 Å². The lowest BCUT2D eigenvalue weighted by Gasteiger charge is -2.11. The van der Waals surface area contributed by atoms with E-state index in [9.17, 15) is 4.79 Å². The Morgan fingerprint density at radius 2 is 2.00 bits per heavy atom. The van der Waals surface area contributed by atoms with E-state index < -0.39 is 0 Å². The van der Waals surface area contributed by atoms with Crippen LogP contribution < -0.4 is 0 Å². The second-order valence-electron chi connectivity index (χ2n) is 3.63. The molecule has 3 heteroatoms. The average Bonchev–Trinajstić information content (AvgIpc) is 2.16. The Bertz CT molecular complexity index is 316. The van der Waals surface area contributed by atoms with Crippen LogP contribution in [0.5, 0.6) is 5.75 Å². The van der Waals surface area contributed by atoms with E-state index >= 15 is 0 Å². The summed E-state index contributed by atoms with van der Waals surface area (Å²) in [5.41, 5.74) is 1.13. The van der Waals surface area contributed by atoms with Crippen molar-refractivity contribution in [1.82, 2.24) is 0 Å². The molecule has 15 heavy (non-hydrogen) atoms. The molecular formula is C12H16O3. The van der Waals surface area contributed by atoms with Gasteiger partial charge in [0.2, 0.25) is 0 Å². The molecule has 0 saturated carbocycles. The fraction of sp³-hybridized carbons (Fsp3) is 0.417. The molecular weight excluding hydrogens is 192 g/mol. The van der Waals surface area contributed by atoms with E-state index in [4.69, 9.17) is 9.84 Å². The van der Waals surface area contributed by atoms with Crippen molar-refractivity contribution in [2.24, 2.45) is 0 Å². The number of benzene rings is 1. The number of hydrogen-bond acceptors (Lipinski definition) is 3.